The zero-order valence-corrected chi connectivity index (χ0v) is 17.8. The summed E-state index contributed by atoms with van der Waals surface area (Å²) in [6.45, 7) is 1.83. The van der Waals surface area contributed by atoms with Gasteiger partial charge in [0.25, 0.3) is 0 Å². The molecular formula is C20H19Cl2FN4O4. The largest absolute Gasteiger partial charge is 0.456 e. The summed E-state index contributed by atoms with van der Waals surface area (Å²) in [6.07, 6.45) is 2.90. The zero-order valence-electron chi connectivity index (χ0n) is 16.3. The van der Waals surface area contributed by atoms with E-state index in [-0.39, 0.29) is 34.2 Å². The fourth-order valence-electron chi connectivity index (χ4n) is 3.54. The molecule has 0 saturated carbocycles. The van der Waals surface area contributed by atoms with Gasteiger partial charge in [-0.15, -0.1) is 0 Å². The molecule has 4 rings (SSSR count). The lowest BCUT2D eigenvalue weighted by molar-refractivity contribution is 0.0510. The molecule has 2 aliphatic heterocycles. The maximum Gasteiger partial charge on any atom is 0.330 e. The number of imide groups is 1. The average Bonchev–Trinajstić information content (AvgIpc) is 3.14. The molecule has 0 atom stereocenters. The predicted molar refractivity (Wildman–Crippen MR) is 112 cm³/mol. The molecule has 1 N–H and O–H groups in total. The second-order valence-electron chi connectivity index (χ2n) is 7.08. The predicted octanol–water partition coefficient (Wildman–Crippen LogP) is 4.77. The number of carbonyl (C=O) groups excluding carboxylic acids is 2. The Morgan fingerprint density at radius 2 is 2.00 bits per heavy atom. The fraction of sp³-hybridized carbons (Fsp3) is 0.350. The summed E-state index contributed by atoms with van der Waals surface area (Å²) in [6, 6.07) is 4.20. The van der Waals surface area contributed by atoms with Crippen LogP contribution in [0.3, 0.4) is 0 Å². The number of anilines is 1. The number of aromatic nitrogens is 1. The number of rotatable bonds is 4. The first-order valence-electron chi connectivity index (χ1n) is 9.67. The molecule has 3 heterocycles. The molecule has 8 nitrogen and oxygen atoms in total. The highest BCUT2D eigenvalue weighted by molar-refractivity contribution is 6.32. The minimum atomic E-state index is -0.763. The highest BCUT2D eigenvalue weighted by Gasteiger charge is 2.37. The van der Waals surface area contributed by atoms with E-state index in [1.54, 1.807) is 11.0 Å². The number of benzene rings is 1. The first-order chi connectivity index (χ1) is 14.9. The number of pyridine rings is 1. The number of amides is 4. The van der Waals surface area contributed by atoms with Crippen LogP contribution in [0.4, 0.5) is 19.7 Å². The van der Waals surface area contributed by atoms with Crippen LogP contribution in [0.1, 0.15) is 12.8 Å². The van der Waals surface area contributed by atoms with E-state index in [4.69, 9.17) is 32.7 Å². The summed E-state index contributed by atoms with van der Waals surface area (Å²) in [5, 5.41) is 2.70. The Hall–Kier alpha value is -2.62. The zero-order chi connectivity index (χ0) is 22.0. The minimum Gasteiger partial charge on any atom is -0.456 e. The summed E-state index contributed by atoms with van der Waals surface area (Å²) >= 11 is 12.0. The molecule has 2 fully saturated rings. The number of hydrogen-bond donors (Lipinski definition) is 1. The number of ether oxygens (including phenoxy) is 2. The summed E-state index contributed by atoms with van der Waals surface area (Å²) in [7, 11) is 0. The van der Waals surface area contributed by atoms with Gasteiger partial charge in [-0.3, -0.25) is 0 Å². The Balaban J connectivity index is 1.43. The van der Waals surface area contributed by atoms with Crippen LogP contribution in [0.5, 0.6) is 11.5 Å². The molecule has 164 valence electrons. The molecule has 0 spiro atoms. The molecule has 4 amide bonds. The van der Waals surface area contributed by atoms with Gasteiger partial charge in [0.1, 0.15) is 16.7 Å². The summed E-state index contributed by atoms with van der Waals surface area (Å²) in [5.74, 6) is -0.392. The van der Waals surface area contributed by atoms with Crippen molar-refractivity contribution in [3.63, 3.8) is 0 Å². The second kappa shape index (κ2) is 9.25. The highest BCUT2D eigenvalue weighted by Crippen LogP contribution is 2.34. The number of urea groups is 2. The van der Waals surface area contributed by atoms with E-state index < -0.39 is 17.9 Å². The Bertz CT molecular complexity index is 1000. The van der Waals surface area contributed by atoms with Crippen LogP contribution in [0, 0.1) is 5.82 Å². The van der Waals surface area contributed by atoms with Crippen LogP contribution in [-0.4, -0.2) is 59.2 Å². The van der Waals surface area contributed by atoms with Crippen molar-refractivity contribution in [3.8, 4) is 11.5 Å². The van der Waals surface area contributed by atoms with Crippen LogP contribution >= 0.6 is 23.2 Å². The third-order valence-electron chi connectivity index (χ3n) is 5.11. The topological polar surface area (TPSA) is 84.0 Å². The van der Waals surface area contributed by atoms with Crippen molar-refractivity contribution in [2.24, 2.45) is 0 Å². The van der Waals surface area contributed by atoms with E-state index in [2.05, 4.69) is 10.3 Å². The quantitative estimate of drug-likeness (QED) is 0.653. The smallest absolute Gasteiger partial charge is 0.330 e. The lowest BCUT2D eigenvalue weighted by Crippen LogP contribution is -2.44. The van der Waals surface area contributed by atoms with Gasteiger partial charge in [-0.25, -0.2) is 23.9 Å². The molecule has 0 unspecified atom stereocenters. The number of hydrogen-bond acceptors (Lipinski definition) is 5. The Morgan fingerprint density at radius 3 is 2.74 bits per heavy atom. The van der Waals surface area contributed by atoms with Crippen molar-refractivity contribution in [3.05, 3.63) is 46.5 Å². The Morgan fingerprint density at radius 1 is 1.23 bits per heavy atom. The van der Waals surface area contributed by atoms with Crippen LogP contribution in [0.25, 0.3) is 0 Å². The summed E-state index contributed by atoms with van der Waals surface area (Å²) < 4.78 is 25.5. The van der Waals surface area contributed by atoms with E-state index in [9.17, 15) is 14.0 Å². The van der Waals surface area contributed by atoms with Crippen LogP contribution in [-0.2, 0) is 4.74 Å². The molecule has 2 aliphatic rings. The van der Waals surface area contributed by atoms with Gasteiger partial charge in [0.05, 0.1) is 10.7 Å². The molecule has 31 heavy (non-hydrogen) atoms. The third kappa shape index (κ3) is 4.84. The monoisotopic (exact) mass is 468 g/mol. The van der Waals surface area contributed by atoms with Crippen molar-refractivity contribution in [2.75, 3.05) is 31.6 Å². The normalized spacial score (nSPS) is 17.2. The van der Waals surface area contributed by atoms with Crippen molar-refractivity contribution in [1.82, 2.24) is 14.8 Å². The SMILES string of the molecule is O=C(Nc1cc(Cl)c(Oc2ccnc(Cl)c2)cc1F)N1CCN(C2CCOCC2)C1=O. The van der Waals surface area contributed by atoms with E-state index >= 15 is 0 Å². The van der Waals surface area contributed by atoms with Crippen molar-refractivity contribution in [1.29, 1.82) is 0 Å². The number of carbonyl (C=O) groups is 2. The van der Waals surface area contributed by atoms with Crippen molar-refractivity contribution < 1.29 is 23.5 Å². The van der Waals surface area contributed by atoms with Crippen molar-refractivity contribution >= 4 is 41.0 Å². The van der Waals surface area contributed by atoms with Crippen LogP contribution in [0.15, 0.2) is 30.5 Å². The van der Waals surface area contributed by atoms with Crippen molar-refractivity contribution in [2.45, 2.75) is 18.9 Å². The van der Waals surface area contributed by atoms with Gasteiger partial charge in [0, 0.05) is 50.7 Å². The fourth-order valence-corrected chi connectivity index (χ4v) is 3.90. The molecule has 0 aliphatic carbocycles. The van der Waals surface area contributed by atoms with E-state index in [0.29, 0.717) is 25.5 Å². The van der Waals surface area contributed by atoms with E-state index in [1.807, 2.05) is 0 Å². The molecule has 2 saturated heterocycles. The van der Waals surface area contributed by atoms with Gasteiger partial charge >= 0.3 is 12.1 Å². The molecule has 1 aromatic carbocycles. The maximum atomic E-state index is 14.6. The van der Waals surface area contributed by atoms with Gasteiger partial charge in [-0.2, -0.15) is 0 Å². The third-order valence-corrected chi connectivity index (χ3v) is 5.61. The van der Waals surface area contributed by atoms with Gasteiger partial charge in [0.2, 0.25) is 0 Å². The van der Waals surface area contributed by atoms with Gasteiger partial charge < -0.3 is 19.7 Å². The van der Waals surface area contributed by atoms with E-state index in [0.717, 1.165) is 23.8 Å². The van der Waals surface area contributed by atoms with Gasteiger partial charge in [0.15, 0.2) is 5.82 Å². The number of nitrogens with zero attached hydrogens (tertiary/aromatic N) is 3. The molecule has 0 bridgehead atoms. The number of nitrogens with one attached hydrogen (secondary N) is 1. The molecule has 11 heteroatoms. The lowest BCUT2D eigenvalue weighted by Gasteiger charge is -2.30. The first kappa shape index (κ1) is 21.6. The Kier molecular flexibility index (Phi) is 6.45. The molecule has 0 radical (unpaired) electrons. The molecule has 2 aromatic rings. The minimum absolute atomic E-state index is 0.0439. The van der Waals surface area contributed by atoms with Gasteiger partial charge in [-0.1, -0.05) is 23.2 Å². The molecular weight excluding hydrogens is 450 g/mol. The van der Waals surface area contributed by atoms with Crippen LogP contribution < -0.4 is 10.1 Å². The van der Waals surface area contributed by atoms with E-state index in [1.165, 1.54) is 18.3 Å². The number of halogens is 3. The maximum absolute atomic E-state index is 14.6. The van der Waals surface area contributed by atoms with Crippen LogP contribution in [0.2, 0.25) is 10.2 Å². The lowest BCUT2D eigenvalue weighted by atomic mass is 10.1. The summed E-state index contributed by atoms with van der Waals surface area (Å²) in [4.78, 5) is 31.8. The average molecular weight is 469 g/mol. The standard InChI is InChI=1S/C20H19Cl2FN4O4/c21-14-10-16(15(23)11-17(14)31-13-1-4-24-18(22)9-13)25-19(28)27-6-5-26(20(27)29)12-2-7-30-8-3-12/h1,4,9-12H,2-3,5-8H2,(H,25,28). The summed E-state index contributed by atoms with van der Waals surface area (Å²) in [5.41, 5.74) is -0.160. The Labute approximate surface area is 187 Å². The first-order valence-corrected chi connectivity index (χ1v) is 10.4. The highest BCUT2D eigenvalue weighted by atomic mass is 35.5. The molecule has 1 aromatic heterocycles. The van der Waals surface area contributed by atoms with Gasteiger partial charge in [-0.05, 0) is 25.0 Å². The second-order valence-corrected chi connectivity index (χ2v) is 7.87.